The molecular formula is C23H23N7OS. The molecule has 8 nitrogen and oxygen atoms in total. The van der Waals surface area contributed by atoms with Crippen LogP contribution in [0, 0.1) is 0 Å². The fourth-order valence-corrected chi connectivity index (χ4v) is 4.91. The number of aryl methyl sites for hydroxylation is 1. The van der Waals surface area contributed by atoms with Crippen LogP contribution in [0.4, 0.5) is 0 Å². The third-order valence-corrected chi connectivity index (χ3v) is 6.50. The second-order valence-corrected chi connectivity index (χ2v) is 8.35. The molecule has 0 unspecified atom stereocenters. The van der Waals surface area contributed by atoms with Crippen molar-refractivity contribution >= 4 is 28.4 Å². The molecule has 0 atom stereocenters. The highest BCUT2D eigenvalue weighted by atomic mass is 32.2. The van der Waals surface area contributed by atoms with Gasteiger partial charge in [-0.3, -0.25) is 13.8 Å². The Hall–Kier alpha value is -3.46. The van der Waals surface area contributed by atoms with Crippen molar-refractivity contribution in [3.05, 3.63) is 82.2 Å². The van der Waals surface area contributed by atoms with Gasteiger partial charge in [-0.1, -0.05) is 54.2 Å². The molecule has 0 aliphatic rings. The van der Waals surface area contributed by atoms with E-state index in [1.165, 1.54) is 5.56 Å². The van der Waals surface area contributed by atoms with Gasteiger partial charge in [0, 0.05) is 19.5 Å². The first-order valence-electron chi connectivity index (χ1n) is 10.7. The molecule has 0 bridgehead atoms. The number of hydrogen-bond donors (Lipinski definition) is 0. The summed E-state index contributed by atoms with van der Waals surface area (Å²) >= 11 is 1.58. The van der Waals surface area contributed by atoms with Crippen molar-refractivity contribution < 1.29 is 0 Å². The molecule has 0 saturated heterocycles. The summed E-state index contributed by atoms with van der Waals surface area (Å²) in [6.07, 6.45) is 0.740. The zero-order chi connectivity index (χ0) is 22.1. The molecule has 0 radical (unpaired) electrons. The summed E-state index contributed by atoms with van der Waals surface area (Å²) < 4.78 is 5.78. The standard InChI is InChI=1S/C23H23N7OS/c1-3-28-19(14-16-10-6-5-7-11-16)24-27-23(28)32-15-20-25-26-22-29(4-2)21(31)17-12-8-9-13-18(17)30(20)22/h5-13H,3-4,14-15H2,1-2H3. The quantitative estimate of drug-likeness (QED) is 0.356. The van der Waals surface area contributed by atoms with Crippen LogP contribution in [-0.4, -0.2) is 33.9 Å². The SMILES string of the molecule is CCn1c(Cc2ccccc2)nnc1SCc1nnc2n(CC)c(=O)c3ccccc3n12. The zero-order valence-corrected chi connectivity index (χ0v) is 18.8. The highest BCUT2D eigenvalue weighted by Gasteiger charge is 2.18. The number of rotatable bonds is 7. The lowest BCUT2D eigenvalue weighted by Gasteiger charge is -2.10. The van der Waals surface area contributed by atoms with Crippen LogP contribution in [0.25, 0.3) is 16.7 Å². The maximum Gasteiger partial charge on any atom is 0.262 e. The average molecular weight is 446 g/mol. The summed E-state index contributed by atoms with van der Waals surface area (Å²) in [5.41, 5.74) is 1.98. The van der Waals surface area contributed by atoms with E-state index in [-0.39, 0.29) is 5.56 Å². The Labute approximate surface area is 188 Å². The van der Waals surface area contributed by atoms with Crippen molar-refractivity contribution in [1.82, 2.24) is 33.9 Å². The normalized spacial score (nSPS) is 11.6. The van der Waals surface area contributed by atoms with Crippen LogP contribution in [0.1, 0.15) is 31.1 Å². The third kappa shape index (κ3) is 3.48. The van der Waals surface area contributed by atoms with Gasteiger partial charge in [-0.2, -0.15) is 0 Å². The van der Waals surface area contributed by atoms with E-state index in [0.29, 0.717) is 23.5 Å². The molecule has 0 saturated carbocycles. The Bertz CT molecular complexity index is 1450. The number of thioether (sulfide) groups is 1. The van der Waals surface area contributed by atoms with E-state index in [1.807, 2.05) is 53.8 Å². The van der Waals surface area contributed by atoms with Crippen LogP contribution < -0.4 is 5.56 Å². The van der Waals surface area contributed by atoms with Crippen LogP contribution >= 0.6 is 11.8 Å². The molecule has 32 heavy (non-hydrogen) atoms. The van der Waals surface area contributed by atoms with Crippen LogP contribution in [-0.2, 0) is 25.3 Å². The van der Waals surface area contributed by atoms with Crippen LogP contribution in [0.2, 0.25) is 0 Å². The van der Waals surface area contributed by atoms with Crippen LogP contribution in [0.3, 0.4) is 0 Å². The first-order chi connectivity index (χ1) is 15.7. The fraction of sp³-hybridized carbons (Fsp3) is 0.261. The number of hydrogen-bond acceptors (Lipinski definition) is 6. The van der Waals surface area contributed by atoms with Gasteiger partial charge in [0.15, 0.2) is 5.16 Å². The summed E-state index contributed by atoms with van der Waals surface area (Å²) in [5, 5.41) is 19.1. The lowest BCUT2D eigenvalue weighted by molar-refractivity contribution is 0.651. The van der Waals surface area contributed by atoms with E-state index in [9.17, 15) is 4.79 Å². The minimum Gasteiger partial charge on any atom is -0.306 e. The van der Waals surface area contributed by atoms with Crippen molar-refractivity contribution in [2.45, 2.75) is 44.3 Å². The van der Waals surface area contributed by atoms with Gasteiger partial charge >= 0.3 is 0 Å². The van der Waals surface area contributed by atoms with Gasteiger partial charge in [0.1, 0.15) is 11.6 Å². The molecule has 5 aromatic rings. The van der Waals surface area contributed by atoms with Crippen LogP contribution in [0.15, 0.2) is 64.5 Å². The van der Waals surface area contributed by atoms with Crippen molar-refractivity contribution in [1.29, 1.82) is 0 Å². The second kappa shape index (κ2) is 8.58. The number of para-hydroxylation sites is 1. The van der Waals surface area contributed by atoms with Gasteiger partial charge in [-0.05, 0) is 31.5 Å². The van der Waals surface area contributed by atoms with Gasteiger partial charge < -0.3 is 4.57 Å². The molecule has 0 fully saturated rings. The van der Waals surface area contributed by atoms with E-state index in [2.05, 4.69) is 44.0 Å². The molecule has 3 heterocycles. The van der Waals surface area contributed by atoms with Crippen molar-refractivity contribution in [2.75, 3.05) is 0 Å². The summed E-state index contributed by atoms with van der Waals surface area (Å²) in [5.74, 6) is 2.85. The first kappa shape index (κ1) is 20.4. The summed E-state index contributed by atoms with van der Waals surface area (Å²) in [4.78, 5) is 12.9. The van der Waals surface area contributed by atoms with E-state index in [4.69, 9.17) is 0 Å². The molecule has 0 N–H and O–H groups in total. The molecule has 9 heteroatoms. The van der Waals surface area contributed by atoms with E-state index in [0.717, 1.165) is 35.3 Å². The maximum absolute atomic E-state index is 12.9. The largest absolute Gasteiger partial charge is 0.306 e. The molecule has 5 rings (SSSR count). The Morgan fingerprint density at radius 2 is 1.53 bits per heavy atom. The van der Waals surface area contributed by atoms with Crippen molar-refractivity contribution in [3.63, 3.8) is 0 Å². The number of benzene rings is 2. The van der Waals surface area contributed by atoms with E-state index < -0.39 is 0 Å². The third-order valence-electron chi connectivity index (χ3n) is 5.54. The average Bonchev–Trinajstić information content (AvgIpc) is 3.42. The van der Waals surface area contributed by atoms with Crippen LogP contribution in [0.5, 0.6) is 0 Å². The van der Waals surface area contributed by atoms with Gasteiger partial charge in [-0.25, -0.2) is 0 Å². The molecule has 2 aromatic carbocycles. The lowest BCUT2D eigenvalue weighted by atomic mass is 10.1. The predicted molar refractivity (Wildman–Crippen MR) is 125 cm³/mol. The molecule has 0 spiro atoms. The summed E-state index contributed by atoms with van der Waals surface area (Å²) in [6.45, 7) is 5.36. The Kier molecular flexibility index (Phi) is 5.48. The fourth-order valence-electron chi connectivity index (χ4n) is 3.97. The Morgan fingerprint density at radius 3 is 2.31 bits per heavy atom. The topological polar surface area (TPSA) is 82.9 Å². The molecule has 0 aliphatic heterocycles. The monoisotopic (exact) mass is 445 g/mol. The minimum absolute atomic E-state index is 0.0431. The minimum atomic E-state index is -0.0431. The van der Waals surface area contributed by atoms with Crippen molar-refractivity contribution in [2.24, 2.45) is 0 Å². The molecule has 3 aromatic heterocycles. The van der Waals surface area contributed by atoms with Gasteiger partial charge in [0.2, 0.25) is 5.78 Å². The lowest BCUT2D eigenvalue weighted by Crippen LogP contribution is -2.22. The smallest absolute Gasteiger partial charge is 0.262 e. The zero-order valence-electron chi connectivity index (χ0n) is 18.0. The van der Waals surface area contributed by atoms with Gasteiger partial charge in [-0.15, -0.1) is 20.4 Å². The number of aromatic nitrogens is 7. The van der Waals surface area contributed by atoms with E-state index >= 15 is 0 Å². The Morgan fingerprint density at radius 1 is 0.812 bits per heavy atom. The summed E-state index contributed by atoms with van der Waals surface area (Å²) in [7, 11) is 0. The number of nitrogens with zero attached hydrogens (tertiary/aromatic N) is 7. The molecular weight excluding hydrogens is 422 g/mol. The van der Waals surface area contributed by atoms with Gasteiger partial charge in [0.05, 0.1) is 16.7 Å². The molecule has 0 aliphatic carbocycles. The summed E-state index contributed by atoms with van der Waals surface area (Å²) in [6, 6.07) is 17.9. The van der Waals surface area contributed by atoms with Crippen molar-refractivity contribution in [3.8, 4) is 0 Å². The predicted octanol–water partition coefficient (Wildman–Crippen LogP) is 3.56. The second-order valence-electron chi connectivity index (χ2n) is 7.41. The molecule has 0 amide bonds. The number of fused-ring (bicyclic) bond motifs is 3. The van der Waals surface area contributed by atoms with E-state index in [1.54, 1.807) is 16.3 Å². The Balaban J connectivity index is 1.49. The highest BCUT2D eigenvalue weighted by Crippen LogP contribution is 2.24. The maximum atomic E-state index is 12.9. The highest BCUT2D eigenvalue weighted by molar-refractivity contribution is 7.98. The first-order valence-corrected chi connectivity index (χ1v) is 11.6. The molecule has 162 valence electrons. The van der Waals surface area contributed by atoms with Gasteiger partial charge in [0.25, 0.3) is 5.56 Å².